The summed E-state index contributed by atoms with van der Waals surface area (Å²) < 4.78 is 15.5. The standard InChI is InChI=1S/C23H22FN7O2/c24-18-8-4-5-9-20(18)30-21(26-27-23(30)33)14-16-10-12-29(13-11-16)22(32)19-15-25-31(28-19)17-6-2-1-3-7-17/h1-9,15-16H,10-14H2,(H,27,33). The van der Waals surface area contributed by atoms with E-state index in [2.05, 4.69) is 20.4 Å². The van der Waals surface area contributed by atoms with Gasteiger partial charge in [-0.15, -0.1) is 5.10 Å². The van der Waals surface area contributed by atoms with Crippen molar-refractivity contribution >= 4 is 5.91 Å². The lowest BCUT2D eigenvalue weighted by atomic mass is 9.93. The maximum absolute atomic E-state index is 14.2. The van der Waals surface area contributed by atoms with Gasteiger partial charge in [0.05, 0.1) is 17.6 Å². The van der Waals surface area contributed by atoms with E-state index in [-0.39, 0.29) is 17.5 Å². The summed E-state index contributed by atoms with van der Waals surface area (Å²) in [6.07, 6.45) is 3.49. The predicted molar refractivity (Wildman–Crippen MR) is 118 cm³/mol. The molecule has 1 fully saturated rings. The van der Waals surface area contributed by atoms with Crippen LogP contribution in [0.4, 0.5) is 4.39 Å². The molecule has 0 radical (unpaired) electrons. The van der Waals surface area contributed by atoms with Crippen LogP contribution < -0.4 is 5.69 Å². The van der Waals surface area contributed by atoms with Gasteiger partial charge in [0, 0.05) is 19.5 Å². The van der Waals surface area contributed by atoms with Crippen LogP contribution in [-0.4, -0.2) is 53.7 Å². The van der Waals surface area contributed by atoms with E-state index in [4.69, 9.17) is 0 Å². The van der Waals surface area contributed by atoms with Crippen molar-refractivity contribution in [3.63, 3.8) is 0 Å². The highest BCUT2D eigenvalue weighted by atomic mass is 19.1. The molecule has 10 heteroatoms. The van der Waals surface area contributed by atoms with E-state index >= 15 is 0 Å². The molecule has 1 amide bonds. The second-order valence-electron chi connectivity index (χ2n) is 8.03. The van der Waals surface area contributed by atoms with Crippen molar-refractivity contribution in [1.82, 2.24) is 34.7 Å². The summed E-state index contributed by atoms with van der Waals surface area (Å²) in [4.78, 5) is 28.4. The van der Waals surface area contributed by atoms with Gasteiger partial charge in [0.1, 0.15) is 11.6 Å². The third kappa shape index (κ3) is 4.19. The van der Waals surface area contributed by atoms with Gasteiger partial charge in [-0.25, -0.2) is 18.9 Å². The molecule has 2 aromatic carbocycles. The first-order valence-corrected chi connectivity index (χ1v) is 10.8. The number of carbonyl (C=O) groups is 1. The normalized spacial score (nSPS) is 14.5. The Hall–Kier alpha value is -4.08. The first-order valence-electron chi connectivity index (χ1n) is 10.8. The van der Waals surface area contributed by atoms with Gasteiger partial charge < -0.3 is 4.90 Å². The first kappa shape index (κ1) is 20.8. The van der Waals surface area contributed by atoms with Gasteiger partial charge in [-0.3, -0.25) is 4.79 Å². The minimum absolute atomic E-state index is 0.154. The number of aromatic amines is 1. The minimum atomic E-state index is -0.480. The highest BCUT2D eigenvalue weighted by molar-refractivity contribution is 5.92. The van der Waals surface area contributed by atoms with Crippen LogP contribution in [0.5, 0.6) is 0 Å². The molecular weight excluding hydrogens is 425 g/mol. The number of nitrogens with zero attached hydrogens (tertiary/aromatic N) is 6. The number of hydrogen-bond acceptors (Lipinski definition) is 5. The molecule has 1 N–H and O–H groups in total. The van der Waals surface area contributed by atoms with Crippen LogP contribution >= 0.6 is 0 Å². The Kier molecular flexibility index (Phi) is 5.55. The van der Waals surface area contributed by atoms with E-state index < -0.39 is 11.5 Å². The van der Waals surface area contributed by atoms with Gasteiger partial charge in [0.2, 0.25) is 0 Å². The fourth-order valence-electron chi connectivity index (χ4n) is 4.16. The number of H-pyrrole nitrogens is 1. The number of amides is 1. The number of benzene rings is 2. The summed E-state index contributed by atoms with van der Waals surface area (Å²) in [5.74, 6) is 0.0698. The zero-order valence-electron chi connectivity index (χ0n) is 17.8. The quantitative estimate of drug-likeness (QED) is 0.506. The van der Waals surface area contributed by atoms with Gasteiger partial charge >= 0.3 is 5.69 Å². The molecular formula is C23H22FN7O2. The van der Waals surface area contributed by atoms with Crippen molar-refractivity contribution < 1.29 is 9.18 Å². The molecule has 33 heavy (non-hydrogen) atoms. The Morgan fingerprint density at radius 2 is 1.79 bits per heavy atom. The summed E-state index contributed by atoms with van der Waals surface area (Å²) in [5, 5.41) is 15.1. The van der Waals surface area contributed by atoms with Crippen molar-refractivity contribution in [1.29, 1.82) is 0 Å². The van der Waals surface area contributed by atoms with Crippen molar-refractivity contribution in [2.45, 2.75) is 19.3 Å². The maximum atomic E-state index is 14.2. The number of hydrogen-bond donors (Lipinski definition) is 1. The van der Waals surface area contributed by atoms with Crippen LogP contribution in [0.3, 0.4) is 0 Å². The third-order valence-electron chi connectivity index (χ3n) is 5.91. The van der Waals surface area contributed by atoms with Gasteiger partial charge in [-0.2, -0.15) is 15.0 Å². The number of piperidine rings is 1. The third-order valence-corrected chi connectivity index (χ3v) is 5.91. The van der Waals surface area contributed by atoms with Gasteiger partial charge in [-0.05, 0) is 43.0 Å². The number of para-hydroxylation sites is 2. The molecule has 0 bridgehead atoms. The lowest BCUT2D eigenvalue weighted by Crippen LogP contribution is -2.39. The molecule has 168 valence electrons. The first-order chi connectivity index (χ1) is 16.1. The molecule has 5 rings (SSSR count). The van der Waals surface area contributed by atoms with Crippen LogP contribution in [0, 0.1) is 11.7 Å². The van der Waals surface area contributed by atoms with E-state index in [1.54, 1.807) is 23.1 Å². The summed E-state index contributed by atoms with van der Waals surface area (Å²) >= 11 is 0. The van der Waals surface area contributed by atoms with Gasteiger partial charge in [0.15, 0.2) is 5.69 Å². The average Bonchev–Trinajstić information content (AvgIpc) is 3.48. The Bertz CT molecular complexity index is 1320. The zero-order valence-corrected chi connectivity index (χ0v) is 17.8. The Morgan fingerprint density at radius 3 is 2.55 bits per heavy atom. The summed E-state index contributed by atoms with van der Waals surface area (Å²) in [7, 11) is 0. The summed E-state index contributed by atoms with van der Waals surface area (Å²) in [6, 6.07) is 15.5. The van der Waals surface area contributed by atoms with Crippen molar-refractivity contribution in [2.75, 3.05) is 13.1 Å². The van der Waals surface area contributed by atoms with E-state index in [0.717, 1.165) is 18.5 Å². The predicted octanol–water partition coefficient (Wildman–Crippen LogP) is 2.38. The Labute approximate surface area is 188 Å². The van der Waals surface area contributed by atoms with Crippen molar-refractivity contribution in [3.05, 3.63) is 88.6 Å². The molecule has 0 atom stereocenters. The number of halogens is 1. The molecule has 1 saturated heterocycles. The summed E-state index contributed by atoms with van der Waals surface area (Å²) in [6.45, 7) is 1.13. The summed E-state index contributed by atoms with van der Waals surface area (Å²) in [5.41, 5.74) is 0.803. The van der Waals surface area contributed by atoms with Gasteiger partial charge in [0.25, 0.3) is 5.91 Å². The molecule has 0 spiro atoms. The fourth-order valence-corrected chi connectivity index (χ4v) is 4.16. The largest absolute Gasteiger partial charge is 0.348 e. The van der Waals surface area contributed by atoms with Crippen LogP contribution in [0.25, 0.3) is 11.4 Å². The molecule has 0 saturated carbocycles. The molecule has 4 aromatic rings. The highest BCUT2D eigenvalue weighted by Gasteiger charge is 2.27. The average molecular weight is 447 g/mol. The van der Waals surface area contributed by atoms with Gasteiger partial charge in [-0.1, -0.05) is 30.3 Å². The van der Waals surface area contributed by atoms with Crippen LogP contribution in [0.1, 0.15) is 29.2 Å². The minimum Gasteiger partial charge on any atom is -0.337 e. The monoisotopic (exact) mass is 447 g/mol. The SMILES string of the molecule is O=C(c1cnn(-c2ccccc2)n1)N1CCC(Cc2n[nH]c(=O)n2-c2ccccc2F)CC1. The van der Waals surface area contributed by atoms with Crippen LogP contribution in [-0.2, 0) is 6.42 Å². The number of carbonyl (C=O) groups excluding carboxylic acids is 1. The van der Waals surface area contributed by atoms with E-state index in [0.29, 0.717) is 31.0 Å². The maximum Gasteiger partial charge on any atom is 0.348 e. The smallest absolute Gasteiger partial charge is 0.337 e. The number of rotatable bonds is 5. The number of nitrogens with one attached hydrogen (secondary N) is 1. The molecule has 0 aliphatic carbocycles. The Morgan fingerprint density at radius 1 is 1.06 bits per heavy atom. The molecule has 2 aromatic heterocycles. The second kappa shape index (κ2) is 8.81. The van der Waals surface area contributed by atoms with Crippen LogP contribution in [0.2, 0.25) is 0 Å². The molecule has 3 heterocycles. The number of aromatic nitrogens is 6. The van der Waals surface area contributed by atoms with E-state index in [9.17, 15) is 14.0 Å². The molecule has 9 nitrogen and oxygen atoms in total. The Balaban J connectivity index is 1.24. The topological polar surface area (TPSA) is 102 Å². The van der Waals surface area contributed by atoms with Crippen LogP contribution in [0.15, 0.2) is 65.6 Å². The van der Waals surface area contributed by atoms with E-state index in [1.807, 2.05) is 30.3 Å². The molecule has 0 unspecified atom stereocenters. The lowest BCUT2D eigenvalue weighted by molar-refractivity contribution is 0.0683. The van der Waals surface area contributed by atoms with Crippen molar-refractivity contribution in [3.8, 4) is 11.4 Å². The molecule has 1 aliphatic rings. The molecule has 1 aliphatic heterocycles. The van der Waals surface area contributed by atoms with Crippen molar-refractivity contribution in [2.24, 2.45) is 5.92 Å². The lowest BCUT2D eigenvalue weighted by Gasteiger charge is -2.31. The second-order valence-corrected chi connectivity index (χ2v) is 8.03. The van der Waals surface area contributed by atoms with E-state index in [1.165, 1.54) is 21.6 Å². The number of likely N-dealkylation sites (tertiary alicyclic amines) is 1. The fraction of sp³-hybridized carbons (Fsp3) is 0.261. The zero-order chi connectivity index (χ0) is 22.8. The highest BCUT2D eigenvalue weighted by Crippen LogP contribution is 2.23.